The summed E-state index contributed by atoms with van der Waals surface area (Å²) in [5.41, 5.74) is 0.702. The van der Waals surface area contributed by atoms with Crippen molar-refractivity contribution < 1.29 is 23.5 Å². The Hall–Kier alpha value is -3.02. The van der Waals surface area contributed by atoms with Crippen molar-refractivity contribution in [2.24, 2.45) is 17.8 Å². The predicted octanol–water partition coefficient (Wildman–Crippen LogP) is 4.01. The van der Waals surface area contributed by atoms with Gasteiger partial charge in [-0.2, -0.15) is 0 Å². The molecular weight excluding hydrogens is 373 g/mol. The molecule has 2 amide bonds. The van der Waals surface area contributed by atoms with Crippen molar-refractivity contribution in [3.63, 3.8) is 0 Å². The molecule has 1 aliphatic heterocycles. The van der Waals surface area contributed by atoms with Crippen LogP contribution in [-0.4, -0.2) is 24.2 Å². The zero-order valence-corrected chi connectivity index (χ0v) is 16.1. The average Bonchev–Trinajstić information content (AvgIpc) is 2.96. The van der Waals surface area contributed by atoms with E-state index in [1.165, 1.54) is 29.2 Å². The summed E-state index contributed by atoms with van der Waals surface area (Å²) >= 11 is 0. The smallest absolute Gasteiger partial charge is 0.237 e. The van der Waals surface area contributed by atoms with E-state index in [1.54, 1.807) is 24.3 Å². The molecule has 150 valence electrons. The number of ether oxygens (including phenoxy) is 1. The number of carbonyl (C=O) groups is 3. The van der Waals surface area contributed by atoms with E-state index in [0.29, 0.717) is 22.9 Å². The molecule has 2 aliphatic rings. The van der Waals surface area contributed by atoms with Gasteiger partial charge in [0, 0.05) is 5.56 Å². The lowest BCUT2D eigenvalue weighted by molar-refractivity contribution is -0.122. The second-order valence-corrected chi connectivity index (χ2v) is 7.83. The van der Waals surface area contributed by atoms with E-state index in [2.05, 4.69) is 6.92 Å². The number of halogens is 1. The van der Waals surface area contributed by atoms with Crippen LogP contribution in [0.5, 0.6) is 5.75 Å². The Morgan fingerprint density at radius 1 is 1.03 bits per heavy atom. The molecule has 0 radical (unpaired) electrons. The number of anilines is 1. The average molecular weight is 395 g/mol. The molecule has 0 unspecified atom stereocenters. The molecule has 1 saturated carbocycles. The molecule has 1 saturated heterocycles. The first-order chi connectivity index (χ1) is 14.0. The second-order valence-electron chi connectivity index (χ2n) is 7.83. The van der Waals surface area contributed by atoms with Gasteiger partial charge in [-0.1, -0.05) is 19.1 Å². The summed E-state index contributed by atoms with van der Waals surface area (Å²) in [5.74, 6) is -0.937. The van der Waals surface area contributed by atoms with Gasteiger partial charge in [-0.05, 0) is 61.6 Å². The molecule has 0 spiro atoms. The number of hydrogen-bond acceptors (Lipinski definition) is 4. The number of hydrogen-bond donors (Lipinski definition) is 0. The lowest BCUT2D eigenvalue weighted by Gasteiger charge is -2.25. The zero-order chi connectivity index (χ0) is 20.5. The van der Waals surface area contributed by atoms with Gasteiger partial charge in [-0.25, -0.2) is 9.29 Å². The van der Waals surface area contributed by atoms with Crippen LogP contribution < -0.4 is 9.64 Å². The van der Waals surface area contributed by atoms with Gasteiger partial charge in [0.15, 0.2) is 12.4 Å². The van der Waals surface area contributed by atoms with Gasteiger partial charge in [0.25, 0.3) is 0 Å². The molecule has 5 nitrogen and oxygen atoms in total. The van der Waals surface area contributed by atoms with Crippen LogP contribution in [-0.2, 0) is 9.59 Å². The summed E-state index contributed by atoms with van der Waals surface area (Å²) in [5, 5.41) is 0. The van der Waals surface area contributed by atoms with Crippen molar-refractivity contribution in [2.45, 2.75) is 26.2 Å². The van der Waals surface area contributed by atoms with E-state index >= 15 is 0 Å². The van der Waals surface area contributed by atoms with Crippen LogP contribution in [0.3, 0.4) is 0 Å². The normalized spacial score (nSPS) is 23.8. The molecule has 2 aromatic carbocycles. The van der Waals surface area contributed by atoms with Crippen LogP contribution in [0.2, 0.25) is 0 Å². The maximum atomic E-state index is 13.0. The SMILES string of the molecule is C[C@H]1CC[C@@H]2C(=O)N(c3ccccc3OCC(=O)c3ccc(F)cc3)C(=O)[C@@H]2C1. The van der Waals surface area contributed by atoms with E-state index in [-0.39, 0.29) is 36.0 Å². The van der Waals surface area contributed by atoms with Crippen molar-refractivity contribution >= 4 is 23.3 Å². The molecule has 0 aromatic heterocycles. The van der Waals surface area contributed by atoms with Crippen LogP contribution in [0.1, 0.15) is 36.5 Å². The Morgan fingerprint density at radius 3 is 2.48 bits per heavy atom. The van der Waals surface area contributed by atoms with Crippen LogP contribution >= 0.6 is 0 Å². The van der Waals surface area contributed by atoms with E-state index in [9.17, 15) is 18.8 Å². The Morgan fingerprint density at radius 2 is 1.72 bits per heavy atom. The van der Waals surface area contributed by atoms with Gasteiger partial charge in [0.05, 0.1) is 17.5 Å². The molecule has 29 heavy (non-hydrogen) atoms. The number of benzene rings is 2. The number of amides is 2. The Bertz CT molecular complexity index is 956. The van der Waals surface area contributed by atoms with Crippen molar-refractivity contribution in [1.82, 2.24) is 0 Å². The molecule has 1 heterocycles. The third-order valence-corrected chi connectivity index (χ3v) is 5.82. The molecule has 6 heteroatoms. The number of Topliss-reactive ketones (excluding diaryl/α,β-unsaturated/α-hetero) is 1. The van der Waals surface area contributed by atoms with E-state index in [0.717, 1.165) is 19.3 Å². The van der Waals surface area contributed by atoms with Gasteiger partial charge in [-0.3, -0.25) is 14.4 Å². The van der Waals surface area contributed by atoms with Gasteiger partial charge in [-0.15, -0.1) is 0 Å². The van der Waals surface area contributed by atoms with Gasteiger partial charge >= 0.3 is 0 Å². The van der Waals surface area contributed by atoms with Gasteiger partial charge in [0.1, 0.15) is 11.6 Å². The highest BCUT2D eigenvalue weighted by Gasteiger charge is 2.50. The number of carbonyl (C=O) groups excluding carboxylic acids is 3. The largest absolute Gasteiger partial charge is 0.483 e. The molecule has 1 aliphatic carbocycles. The monoisotopic (exact) mass is 395 g/mol. The lowest BCUT2D eigenvalue weighted by Crippen LogP contribution is -2.31. The Balaban J connectivity index is 1.54. The molecule has 0 N–H and O–H groups in total. The molecule has 2 fully saturated rings. The standard InChI is InChI=1S/C23H22FNO4/c1-14-6-11-17-18(12-14)23(28)25(22(17)27)19-4-2-3-5-21(19)29-13-20(26)15-7-9-16(24)10-8-15/h2-5,7-10,14,17-18H,6,11-13H2,1H3/t14-,17-,18+/m0/s1. The summed E-state index contributed by atoms with van der Waals surface area (Å²) in [7, 11) is 0. The van der Waals surface area contributed by atoms with Crippen molar-refractivity contribution in [2.75, 3.05) is 11.5 Å². The highest BCUT2D eigenvalue weighted by molar-refractivity contribution is 6.22. The molecular formula is C23H22FNO4. The highest BCUT2D eigenvalue weighted by Crippen LogP contribution is 2.44. The predicted molar refractivity (Wildman–Crippen MR) is 105 cm³/mol. The minimum atomic E-state index is -0.422. The van der Waals surface area contributed by atoms with E-state index in [4.69, 9.17) is 4.74 Å². The summed E-state index contributed by atoms with van der Waals surface area (Å²) in [4.78, 5) is 39.5. The fraction of sp³-hybridized carbons (Fsp3) is 0.348. The number of nitrogens with zero attached hydrogens (tertiary/aromatic N) is 1. The fourth-order valence-electron chi connectivity index (χ4n) is 4.25. The van der Waals surface area contributed by atoms with Crippen molar-refractivity contribution in [1.29, 1.82) is 0 Å². The first-order valence-corrected chi connectivity index (χ1v) is 9.84. The molecule has 0 bridgehead atoms. The Kier molecular flexibility index (Phi) is 5.18. The molecule has 4 rings (SSSR count). The summed E-state index contributed by atoms with van der Waals surface area (Å²) in [6, 6.07) is 12.0. The van der Waals surface area contributed by atoms with E-state index in [1.807, 2.05) is 0 Å². The number of fused-ring (bicyclic) bond motifs is 1. The van der Waals surface area contributed by atoms with Crippen LogP contribution in [0, 0.1) is 23.6 Å². The zero-order valence-electron chi connectivity index (χ0n) is 16.1. The summed E-state index contributed by atoms with van der Waals surface area (Å²) < 4.78 is 18.7. The second kappa shape index (κ2) is 7.78. The third-order valence-electron chi connectivity index (χ3n) is 5.82. The fourth-order valence-corrected chi connectivity index (χ4v) is 4.25. The number of imide groups is 1. The maximum Gasteiger partial charge on any atom is 0.237 e. The number of ketones is 1. The summed E-state index contributed by atoms with van der Waals surface area (Å²) in [6.45, 7) is 1.83. The third kappa shape index (κ3) is 3.67. The molecule has 2 aromatic rings. The minimum absolute atomic E-state index is 0.187. The quantitative estimate of drug-likeness (QED) is 0.567. The highest BCUT2D eigenvalue weighted by atomic mass is 19.1. The van der Waals surface area contributed by atoms with Gasteiger partial charge in [0.2, 0.25) is 11.8 Å². The van der Waals surface area contributed by atoms with Crippen LogP contribution in [0.25, 0.3) is 0 Å². The number of rotatable bonds is 5. The van der Waals surface area contributed by atoms with E-state index < -0.39 is 5.82 Å². The lowest BCUT2D eigenvalue weighted by atomic mass is 9.76. The summed E-state index contributed by atoms with van der Waals surface area (Å²) in [6.07, 6.45) is 2.38. The Labute approximate surface area is 168 Å². The first-order valence-electron chi connectivity index (χ1n) is 9.84. The number of para-hydroxylation sites is 2. The maximum absolute atomic E-state index is 13.0. The van der Waals surface area contributed by atoms with Crippen molar-refractivity contribution in [3.8, 4) is 5.75 Å². The molecule has 3 atom stereocenters. The van der Waals surface area contributed by atoms with Crippen LogP contribution in [0.15, 0.2) is 48.5 Å². The minimum Gasteiger partial charge on any atom is -0.483 e. The van der Waals surface area contributed by atoms with Gasteiger partial charge < -0.3 is 4.74 Å². The van der Waals surface area contributed by atoms with Crippen molar-refractivity contribution in [3.05, 3.63) is 59.9 Å². The van der Waals surface area contributed by atoms with Crippen LogP contribution in [0.4, 0.5) is 10.1 Å². The topological polar surface area (TPSA) is 63.7 Å². The first kappa shape index (κ1) is 19.3.